The molecule has 0 aromatic carbocycles. The molecule has 0 fully saturated rings. The molecule has 0 saturated heterocycles. The molecule has 0 aromatic heterocycles. The second kappa shape index (κ2) is 9.90. The number of alkyl halides is 2. The molecule has 6 heteroatoms. The Morgan fingerprint density at radius 2 is 1.91 bits per heavy atom. The molecule has 1 N–H and O–H groups in total. The predicted molar refractivity (Wildman–Crippen MR) is 47.2 cm³/mol. The number of halogens is 2. The fraction of sp³-hybridized carbons (Fsp3) is 0.600. The minimum atomic E-state index is -2.27. The van der Waals surface area contributed by atoms with Crippen LogP contribution in [0.4, 0.5) is 0 Å². The lowest BCUT2D eigenvalue weighted by atomic mass is 10.8. The van der Waals surface area contributed by atoms with E-state index in [1.54, 1.807) is 0 Å². The Hall–Kier alpha value is -0.100. The first kappa shape index (κ1) is 6.42. The number of rotatable bonds is 2. The Bertz CT molecular complexity index is 234. The Labute approximate surface area is 86.8 Å². The summed E-state index contributed by atoms with van der Waals surface area (Å²) in [6.45, 7) is 0. The van der Waals surface area contributed by atoms with Crippen molar-refractivity contribution in [3.05, 3.63) is 0 Å². The summed E-state index contributed by atoms with van der Waals surface area (Å²) in [4.78, 5) is 19.8. The average Bonchev–Trinajstić information content (AvgIpc) is 2.00. The highest BCUT2D eigenvalue weighted by atomic mass is 79.9. The maximum Gasteiger partial charge on any atom is 0.316 e. The summed E-state index contributed by atoms with van der Waals surface area (Å²) in [7, 11) is 1.13. The van der Waals surface area contributed by atoms with Crippen LogP contribution in [-0.2, 0) is 14.3 Å². The van der Waals surface area contributed by atoms with Crippen molar-refractivity contribution in [3.8, 4) is 0 Å². The first-order valence-electron chi connectivity index (χ1n) is 4.12. The van der Waals surface area contributed by atoms with Crippen LogP contribution in [0.1, 0.15) is 5.48 Å². The van der Waals surface area contributed by atoms with Crippen LogP contribution in [0.2, 0.25) is 0 Å². The predicted octanol–water partition coefficient (Wildman–Crippen LogP) is 1.02. The van der Waals surface area contributed by atoms with Crippen LogP contribution in [0, 0.1) is 0 Å². The molecule has 0 radical (unpaired) electrons. The van der Waals surface area contributed by atoms with E-state index in [0.29, 0.717) is 0 Å². The van der Waals surface area contributed by atoms with E-state index < -0.39 is 22.5 Å². The van der Waals surface area contributed by atoms with Crippen LogP contribution < -0.4 is 0 Å². The van der Waals surface area contributed by atoms with E-state index in [4.69, 9.17) is 10.6 Å². The van der Waals surface area contributed by atoms with Crippen molar-refractivity contribution >= 4 is 43.8 Å². The Morgan fingerprint density at radius 3 is 1.91 bits per heavy atom. The van der Waals surface area contributed by atoms with Crippen molar-refractivity contribution in [3.63, 3.8) is 0 Å². The number of esters is 1. The van der Waals surface area contributed by atoms with Gasteiger partial charge in [-0.1, -0.05) is 31.9 Å². The van der Waals surface area contributed by atoms with Crippen LogP contribution in [0.25, 0.3) is 0 Å². The molecule has 66 valence electrons. The maximum absolute atomic E-state index is 10.2. The molecule has 0 spiro atoms. The van der Waals surface area contributed by atoms with E-state index in [2.05, 4.69) is 36.6 Å². The van der Waals surface area contributed by atoms with Gasteiger partial charge >= 0.3 is 11.9 Å². The van der Waals surface area contributed by atoms with Crippen LogP contribution in [0.15, 0.2) is 0 Å². The minimum absolute atomic E-state index is 0.919. The summed E-state index contributed by atoms with van der Waals surface area (Å²) >= 11 is 4.74. The molecule has 11 heavy (non-hydrogen) atoms. The summed E-state index contributed by atoms with van der Waals surface area (Å²) in [5.41, 5.74) is 0. The zero-order chi connectivity index (χ0) is 12.9. The second-order valence-electron chi connectivity index (χ2n) is 0.986. The Morgan fingerprint density at radius 1 is 1.55 bits per heavy atom. The highest BCUT2D eigenvalue weighted by Crippen LogP contribution is 1.79. The Balaban J connectivity index is 0. The first-order chi connectivity index (χ1) is 6.42. The largest absolute Gasteiger partial charge is 0.481 e. The van der Waals surface area contributed by atoms with Crippen molar-refractivity contribution in [1.29, 1.82) is 0 Å². The quantitative estimate of drug-likeness (QED) is 0.611. The van der Waals surface area contributed by atoms with Gasteiger partial charge in [0, 0.05) is 0 Å². The van der Waals surface area contributed by atoms with Crippen LogP contribution in [-0.4, -0.2) is 34.7 Å². The SMILES string of the molecule is [3H]C([3H])(Br)C(=O)O.[3H]C([3H])(Br)C(=O)OC. The number of carbonyl (C=O) groups is 2. The monoisotopic (exact) mass is 298 g/mol. The molecule has 0 rings (SSSR count). The molecule has 0 atom stereocenters. The number of hydrogen-bond acceptors (Lipinski definition) is 3. The third kappa shape index (κ3) is 17.7. The third-order valence-electron chi connectivity index (χ3n) is 0.343. The van der Waals surface area contributed by atoms with E-state index in [9.17, 15) is 9.59 Å². The summed E-state index contributed by atoms with van der Waals surface area (Å²) in [5.74, 6) is -2.43. The molecule has 4 nitrogen and oxygen atoms in total. The van der Waals surface area contributed by atoms with Crippen molar-refractivity contribution in [2.75, 3.05) is 17.7 Å². The van der Waals surface area contributed by atoms with Crippen molar-refractivity contribution < 1.29 is 24.9 Å². The van der Waals surface area contributed by atoms with Gasteiger partial charge in [-0.15, -0.1) is 0 Å². The van der Waals surface area contributed by atoms with Gasteiger partial charge in [0.2, 0.25) is 0 Å². The lowest BCUT2D eigenvalue weighted by Gasteiger charge is -1.86. The van der Waals surface area contributed by atoms with Crippen molar-refractivity contribution in [2.45, 2.75) is 0 Å². The number of hydrogen-bond donors (Lipinski definition) is 1. The van der Waals surface area contributed by atoms with Gasteiger partial charge in [0.15, 0.2) is 0 Å². The third-order valence-corrected chi connectivity index (χ3v) is 1.01. The number of ether oxygens (including phenoxy) is 1. The van der Waals surface area contributed by atoms with Crippen LogP contribution in [0.3, 0.4) is 0 Å². The first-order valence-corrected chi connectivity index (χ1v) is 3.71. The topological polar surface area (TPSA) is 63.6 Å². The standard InChI is InChI=1S/C3H5BrO2.C2H3BrO2/c1-6-3(5)2-4;3-1-2(4)5/h2H2,1H3;1H2,(H,4,5)/i2T2;1T2. The molecule has 0 bridgehead atoms. The Kier molecular flexibility index (Phi) is 5.78. The summed E-state index contributed by atoms with van der Waals surface area (Å²) in [6, 6.07) is 0. The van der Waals surface area contributed by atoms with E-state index in [-0.39, 0.29) is 0 Å². The van der Waals surface area contributed by atoms with Crippen LogP contribution >= 0.6 is 31.9 Å². The van der Waals surface area contributed by atoms with E-state index in [0.717, 1.165) is 7.11 Å². The lowest BCUT2D eigenvalue weighted by Crippen LogP contribution is -1.99. The maximum atomic E-state index is 10.2. The van der Waals surface area contributed by atoms with E-state index >= 15 is 0 Å². The summed E-state index contributed by atoms with van der Waals surface area (Å²) in [6.07, 6.45) is 0. The zero-order valence-corrected chi connectivity index (χ0v) is 8.60. The van der Waals surface area contributed by atoms with Gasteiger partial charge in [-0.3, -0.25) is 9.59 Å². The van der Waals surface area contributed by atoms with Crippen molar-refractivity contribution in [1.82, 2.24) is 0 Å². The van der Waals surface area contributed by atoms with Gasteiger partial charge in [-0.05, 0) is 0 Å². The number of carboxylic acid groups (broad SMARTS) is 1. The summed E-state index contributed by atoms with van der Waals surface area (Å²) in [5, 5.41) is 3.52. The van der Waals surface area contributed by atoms with Gasteiger partial charge in [-0.25, -0.2) is 0 Å². The van der Waals surface area contributed by atoms with Gasteiger partial charge in [0.05, 0.1) is 12.6 Å². The molecule has 0 aliphatic rings. The molecule has 0 amide bonds. The zero-order valence-electron chi connectivity index (χ0n) is 9.43. The van der Waals surface area contributed by atoms with Crippen molar-refractivity contribution in [2.24, 2.45) is 0 Å². The molecule has 0 heterocycles. The molecule has 0 unspecified atom stereocenters. The molecular formula is C5H8Br2O4. The highest BCUT2D eigenvalue weighted by molar-refractivity contribution is 9.09. The smallest absolute Gasteiger partial charge is 0.316 e. The van der Waals surface area contributed by atoms with Gasteiger partial charge < -0.3 is 9.84 Å². The number of aliphatic carboxylic acids is 1. The van der Waals surface area contributed by atoms with Crippen LogP contribution in [0.5, 0.6) is 0 Å². The van der Waals surface area contributed by atoms with Gasteiger partial charge in [0.25, 0.3) is 0 Å². The number of carboxylic acids is 1. The lowest BCUT2D eigenvalue weighted by molar-refractivity contribution is -0.137. The van der Waals surface area contributed by atoms with Gasteiger partial charge in [0.1, 0.15) is 10.6 Å². The summed E-state index contributed by atoms with van der Waals surface area (Å²) < 4.78 is 30.1. The number of methoxy groups -OCH3 is 1. The van der Waals surface area contributed by atoms with Gasteiger partial charge in [-0.2, -0.15) is 0 Å². The van der Waals surface area contributed by atoms with E-state index in [1.165, 1.54) is 0 Å². The fourth-order valence-corrected chi connectivity index (χ4v) is 0.200. The second-order valence-corrected chi connectivity index (χ2v) is 1.78. The minimum Gasteiger partial charge on any atom is -0.481 e. The fourth-order valence-electron chi connectivity index (χ4n) is 0.0386. The molecule has 0 aromatic rings. The van der Waals surface area contributed by atoms with E-state index in [1.807, 2.05) is 0 Å². The highest BCUT2D eigenvalue weighted by Gasteiger charge is 1.89. The number of carbonyl (C=O) groups excluding carboxylic acids is 1. The molecule has 0 aliphatic carbocycles. The molecule has 0 aliphatic heterocycles. The normalized spacial score (nSPS) is 15.5. The molecule has 0 saturated carbocycles. The molecular weight excluding hydrogens is 284 g/mol. The average molecular weight is 300 g/mol.